The summed E-state index contributed by atoms with van der Waals surface area (Å²) < 4.78 is 21.7. The maximum absolute atomic E-state index is 13.2. The van der Waals surface area contributed by atoms with Crippen LogP contribution in [-0.4, -0.2) is 39.8 Å². The van der Waals surface area contributed by atoms with Crippen LogP contribution in [0.2, 0.25) is 0 Å². The molecule has 0 atom stereocenters. The van der Waals surface area contributed by atoms with Crippen LogP contribution in [-0.2, 0) is 4.74 Å². The van der Waals surface area contributed by atoms with E-state index in [9.17, 15) is 9.59 Å². The molecule has 0 saturated carbocycles. The number of methoxy groups -OCH3 is 3. The summed E-state index contributed by atoms with van der Waals surface area (Å²) >= 11 is 4.70. The molecule has 9 heteroatoms. The van der Waals surface area contributed by atoms with E-state index in [0.29, 0.717) is 26.7 Å². The maximum Gasteiger partial charge on any atom is 0.341 e. The van der Waals surface area contributed by atoms with Crippen LogP contribution in [0.1, 0.15) is 27.6 Å². The molecule has 2 aromatic carbocycles. The first-order valence-corrected chi connectivity index (χ1v) is 11.2. The van der Waals surface area contributed by atoms with Crippen LogP contribution in [0.25, 0.3) is 10.4 Å². The van der Waals surface area contributed by atoms with E-state index in [1.165, 1.54) is 38.7 Å². The van der Waals surface area contributed by atoms with Crippen molar-refractivity contribution in [3.63, 3.8) is 0 Å². The lowest BCUT2D eigenvalue weighted by Crippen LogP contribution is -2.15. The molecule has 0 radical (unpaired) electrons. The second-order valence-electron chi connectivity index (χ2n) is 6.40. The van der Waals surface area contributed by atoms with Gasteiger partial charge in [-0.3, -0.25) is 4.79 Å². The van der Waals surface area contributed by atoms with Crippen molar-refractivity contribution < 1.29 is 28.5 Å². The lowest BCUT2D eigenvalue weighted by atomic mass is 10.1. The molecule has 1 aromatic heterocycles. The number of benzene rings is 2. The van der Waals surface area contributed by atoms with E-state index in [0.717, 1.165) is 10.4 Å². The molecule has 1 amide bonds. The molecule has 0 aliphatic carbocycles. The van der Waals surface area contributed by atoms with Crippen LogP contribution in [0.3, 0.4) is 0 Å². The average molecular weight is 520 g/mol. The number of amides is 1. The van der Waals surface area contributed by atoms with Gasteiger partial charge in [-0.15, -0.1) is 11.3 Å². The van der Waals surface area contributed by atoms with Gasteiger partial charge in [-0.1, -0.05) is 30.3 Å². The number of carbonyl (C=O) groups is 2. The predicted molar refractivity (Wildman–Crippen MR) is 127 cm³/mol. The van der Waals surface area contributed by atoms with Crippen LogP contribution in [0.5, 0.6) is 17.2 Å². The smallest absolute Gasteiger partial charge is 0.341 e. The Balaban J connectivity index is 2.04. The second-order valence-corrected chi connectivity index (χ2v) is 8.25. The van der Waals surface area contributed by atoms with Crippen LogP contribution in [0, 0.1) is 0 Å². The molecule has 0 spiro atoms. The fourth-order valence-corrected chi connectivity index (χ4v) is 4.73. The number of nitrogens with one attached hydrogen (secondary N) is 1. The van der Waals surface area contributed by atoms with Gasteiger partial charge in [0, 0.05) is 4.88 Å². The van der Waals surface area contributed by atoms with Gasteiger partial charge in [-0.05, 0) is 40.5 Å². The molecule has 32 heavy (non-hydrogen) atoms. The van der Waals surface area contributed by atoms with Crippen molar-refractivity contribution in [2.24, 2.45) is 0 Å². The topological polar surface area (TPSA) is 83.1 Å². The zero-order chi connectivity index (χ0) is 23.3. The van der Waals surface area contributed by atoms with Gasteiger partial charge in [-0.2, -0.15) is 0 Å². The molecule has 0 unspecified atom stereocenters. The van der Waals surface area contributed by atoms with Gasteiger partial charge in [0.1, 0.15) is 5.00 Å². The number of ether oxygens (including phenoxy) is 4. The Kier molecular flexibility index (Phi) is 7.76. The minimum atomic E-state index is -0.509. The summed E-state index contributed by atoms with van der Waals surface area (Å²) in [6, 6.07) is 12.8. The number of rotatable bonds is 8. The molecule has 0 bridgehead atoms. The average Bonchev–Trinajstić information content (AvgIpc) is 3.23. The van der Waals surface area contributed by atoms with Crippen LogP contribution >= 0.6 is 27.3 Å². The molecule has 0 aliphatic heterocycles. The molecular weight excluding hydrogens is 498 g/mol. The fourth-order valence-electron chi connectivity index (χ4n) is 3.05. The molecular formula is C23H22BrNO6S. The van der Waals surface area contributed by atoms with Crippen molar-refractivity contribution in [3.8, 4) is 27.7 Å². The molecule has 168 valence electrons. The Morgan fingerprint density at radius 2 is 1.66 bits per heavy atom. The second kappa shape index (κ2) is 10.5. The van der Waals surface area contributed by atoms with E-state index in [4.69, 9.17) is 18.9 Å². The van der Waals surface area contributed by atoms with Crippen molar-refractivity contribution in [3.05, 3.63) is 58.1 Å². The lowest BCUT2D eigenvalue weighted by molar-refractivity contribution is 0.0528. The highest BCUT2D eigenvalue weighted by Crippen LogP contribution is 2.45. The van der Waals surface area contributed by atoms with Gasteiger partial charge in [0.15, 0.2) is 11.5 Å². The van der Waals surface area contributed by atoms with E-state index >= 15 is 0 Å². The van der Waals surface area contributed by atoms with Gasteiger partial charge in [0.05, 0.1) is 43.5 Å². The molecule has 7 nitrogen and oxygen atoms in total. The molecule has 0 aliphatic rings. The van der Waals surface area contributed by atoms with E-state index in [1.807, 2.05) is 30.3 Å². The van der Waals surface area contributed by atoms with Crippen LogP contribution in [0.15, 0.2) is 46.9 Å². The summed E-state index contributed by atoms with van der Waals surface area (Å²) in [6.07, 6.45) is 0. The van der Waals surface area contributed by atoms with E-state index in [-0.39, 0.29) is 17.7 Å². The Morgan fingerprint density at radius 1 is 0.969 bits per heavy atom. The van der Waals surface area contributed by atoms with E-state index < -0.39 is 11.9 Å². The van der Waals surface area contributed by atoms with Gasteiger partial charge < -0.3 is 24.3 Å². The third-order valence-electron chi connectivity index (χ3n) is 4.53. The van der Waals surface area contributed by atoms with E-state index in [1.54, 1.807) is 13.0 Å². The number of halogens is 1. The highest BCUT2D eigenvalue weighted by Gasteiger charge is 2.25. The minimum absolute atomic E-state index is 0.223. The van der Waals surface area contributed by atoms with Crippen molar-refractivity contribution in [1.29, 1.82) is 0 Å². The minimum Gasteiger partial charge on any atom is -0.493 e. The van der Waals surface area contributed by atoms with Gasteiger partial charge in [-0.25, -0.2) is 4.79 Å². The number of esters is 1. The lowest BCUT2D eigenvalue weighted by Gasteiger charge is -2.16. The van der Waals surface area contributed by atoms with Crippen molar-refractivity contribution in [1.82, 2.24) is 0 Å². The molecule has 1 heterocycles. The van der Waals surface area contributed by atoms with E-state index in [2.05, 4.69) is 21.2 Å². The highest BCUT2D eigenvalue weighted by molar-refractivity contribution is 9.10. The largest absolute Gasteiger partial charge is 0.493 e. The van der Waals surface area contributed by atoms with Gasteiger partial charge >= 0.3 is 5.97 Å². The molecule has 0 fully saturated rings. The first-order valence-electron chi connectivity index (χ1n) is 9.61. The SMILES string of the molecule is CCOC(=O)c1cc(-c2ccccc2)sc1NC(=O)c1cc(OC)c(OC)c(OC)c1Br. The third kappa shape index (κ3) is 4.73. The first kappa shape index (κ1) is 23.6. The quantitative estimate of drug-likeness (QED) is 0.388. The van der Waals surface area contributed by atoms with Crippen molar-refractivity contribution in [2.75, 3.05) is 33.3 Å². The summed E-state index contributed by atoms with van der Waals surface area (Å²) in [4.78, 5) is 26.6. The first-order chi connectivity index (χ1) is 15.4. The number of hydrogen-bond donors (Lipinski definition) is 1. The molecule has 3 aromatic rings. The van der Waals surface area contributed by atoms with Crippen LogP contribution in [0.4, 0.5) is 5.00 Å². The predicted octanol–water partition coefficient (Wildman–Crippen LogP) is 5.63. The zero-order valence-corrected chi connectivity index (χ0v) is 20.4. The van der Waals surface area contributed by atoms with Gasteiger partial charge in [0.25, 0.3) is 5.91 Å². The zero-order valence-electron chi connectivity index (χ0n) is 18.0. The maximum atomic E-state index is 13.2. The summed E-state index contributed by atoms with van der Waals surface area (Å²) in [5.41, 5.74) is 1.47. The summed E-state index contributed by atoms with van der Waals surface area (Å²) in [7, 11) is 4.42. The summed E-state index contributed by atoms with van der Waals surface area (Å²) in [6.45, 7) is 1.95. The normalized spacial score (nSPS) is 10.4. The van der Waals surface area contributed by atoms with Crippen molar-refractivity contribution in [2.45, 2.75) is 6.92 Å². The Morgan fingerprint density at radius 3 is 2.25 bits per heavy atom. The highest BCUT2D eigenvalue weighted by atomic mass is 79.9. The number of hydrogen-bond acceptors (Lipinski definition) is 7. The molecule has 0 saturated heterocycles. The summed E-state index contributed by atoms with van der Waals surface area (Å²) in [5.74, 6) is 0.0414. The number of carbonyl (C=O) groups excluding carboxylic acids is 2. The van der Waals surface area contributed by atoms with Crippen molar-refractivity contribution >= 4 is 44.1 Å². The molecule has 3 rings (SSSR count). The third-order valence-corrected chi connectivity index (χ3v) is 6.41. The Labute approximate surface area is 198 Å². The molecule has 1 N–H and O–H groups in total. The standard InChI is InChI=1S/C23H22BrNO6S/c1-5-31-23(27)15-12-17(13-9-7-6-8-10-13)32-22(15)25-21(26)14-11-16(28-2)19(29-3)20(30-4)18(14)24/h6-12H,5H2,1-4H3,(H,25,26). The number of anilines is 1. The Hall–Kier alpha value is -3.04. The summed E-state index contributed by atoms with van der Waals surface area (Å²) in [5, 5.41) is 3.22. The fraction of sp³-hybridized carbons (Fsp3) is 0.217. The number of thiophene rings is 1. The van der Waals surface area contributed by atoms with Gasteiger partial charge in [0.2, 0.25) is 5.75 Å². The Bertz CT molecular complexity index is 1130. The van der Waals surface area contributed by atoms with Crippen LogP contribution < -0.4 is 19.5 Å². The monoisotopic (exact) mass is 519 g/mol.